The molecule has 1 aromatic heterocycles. The first kappa shape index (κ1) is 18.0. The van der Waals surface area contributed by atoms with Crippen molar-refractivity contribution in [2.24, 2.45) is 0 Å². The number of carbonyl (C=O) groups is 1. The number of rotatable bonds is 5. The summed E-state index contributed by atoms with van der Waals surface area (Å²) < 4.78 is 5.34. The second kappa shape index (κ2) is 7.70. The molecule has 0 bridgehead atoms. The molecule has 0 fully saturated rings. The summed E-state index contributed by atoms with van der Waals surface area (Å²) in [7, 11) is 0. The Hall–Kier alpha value is -3.38. The van der Waals surface area contributed by atoms with Crippen LogP contribution < -0.4 is 5.32 Å². The molecule has 0 aliphatic heterocycles. The van der Waals surface area contributed by atoms with Gasteiger partial charge in [-0.25, -0.2) is 9.78 Å². The lowest BCUT2D eigenvalue weighted by Gasteiger charge is -2.08. The number of nitrogens with one attached hydrogen (secondary N) is 1. The lowest BCUT2D eigenvalue weighted by molar-refractivity contribution is 0.0465. The van der Waals surface area contributed by atoms with E-state index in [4.69, 9.17) is 4.74 Å². The van der Waals surface area contributed by atoms with Crippen molar-refractivity contribution >= 4 is 38.9 Å². The Morgan fingerprint density at radius 2 is 1.89 bits per heavy atom. The van der Waals surface area contributed by atoms with E-state index in [1.807, 2.05) is 54.8 Å². The van der Waals surface area contributed by atoms with Crippen molar-refractivity contribution in [2.75, 3.05) is 5.32 Å². The Morgan fingerprint density at radius 3 is 2.71 bits per heavy atom. The molecule has 3 aromatic carbocycles. The van der Waals surface area contributed by atoms with Gasteiger partial charge in [0.15, 0.2) is 5.13 Å². The Kier molecular flexibility index (Phi) is 4.95. The van der Waals surface area contributed by atoms with E-state index in [9.17, 15) is 9.90 Å². The number of carbonyl (C=O) groups excluding carboxylic acids is 1. The Labute approximate surface area is 166 Å². The second-order valence-electron chi connectivity index (χ2n) is 6.39. The predicted octanol–water partition coefficient (Wildman–Crippen LogP) is 5.41. The number of phenols is 1. The van der Waals surface area contributed by atoms with Crippen LogP contribution >= 0.6 is 11.3 Å². The van der Waals surface area contributed by atoms with Gasteiger partial charge in [0, 0.05) is 16.5 Å². The molecule has 0 atom stereocenters. The molecule has 0 unspecified atom stereocenters. The van der Waals surface area contributed by atoms with E-state index in [1.165, 1.54) is 16.9 Å². The van der Waals surface area contributed by atoms with Gasteiger partial charge in [0.2, 0.25) is 0 Å². The van der Waals surface area contributed by atoms with Crippen LogP contribution in [0.5, 0.6) is 5.75 Å². The van der Waals surface area contributed by atoms with Crippen LogP contribution in [0.1, 0.15) is 21.6 Å². The van der Waals surface area contributed by atoms with Gasteiger partial charge < -0.3 is 15.2 Å². The third kappa shape index (κ3) is 3.82. The summed E-state index contributed by atoms with van der Waals surface area (Å²) in [5.41, 5.74) is 2.93. The number of esters is 1. The van der Waals surface area contributed by atoms with Crippen LogP contribution in [0.3, 0.4) is 0 Å². The second-order valence-corrected chi connectivity index (χ2v) is 7.25. The van der Waals surface area contributed by atoms with E-state index in [0.717, 1.165) is 16.2 Å². The molecule has 5 nitrogen and oxygen atoms in total. The maximum absolute atomic E-state index is 12.4. The van der Waals surface area contributed by atoms with Crippen LogP contribution in [0, 0.1) is 6.92 Å². The summed E-state index contributed by atoms with van der Waals surface area (Å²) >= 11 is 1.44. The van der Waals surface area contributed by atoms with Crippen molar-refractivity contribution in [2.45, 2.75) is 13.5 Å². The fourth-order valence-corrected chi connectivity index (χ4v) is 3.54. The first-order valence-electron chi connectivity index (χ1n) is 8.76. The summed E-state index contributed by atoms with van der Waals surface area (Å²) in [6.07, 6.45) is 0. The van der Waals surface area contributed by atoms with Gasteiger partial charge in [-0.15, -0.1) is 11.3 Å². The molecular weight excluding hydrogens is 372 g/mol. The molecule has 0 radical (unpaired) electrons. The van der Waals surface area contributed by atoms with E-state index in [0.29, 0.717) is 11.1 Å². The number of nitrogens with zero attached hydrogens (tertiary/aromatic N) is 1. The third-order valence-corrected chi connectivity index (χ3v) is 5.13. The number of phenolic OH excluding ortho intramolecular Hbond substituents is 1. The zero-order valence-electron chi connectivity index (χ0n) is 15.2. The molecule has 0 amide bonds. The molecule has 4 rings (SSSR count). The molecule has 140 valence electrons. The maximum Gasteiger partial charge on any atom is 0.342 e. The zero-order chi connectivity index (χ0) is 19.5. The Balaban J connectivity index is 1.42. The van der Waals surface area contributed by atoms with Gasteiger partial charge in [0.25, 0.3) is 0 Å². The molecule has 0 aliphatic rings. The van der Waals surface area contributed by atoms with Crippen molar-refractivity contribution in [3.8, 4) is 5.75 Å². The summed E-state index contributed by atoms with van der Waals surface area (Å²) in [5, 5.41) is 17.7. The molecule has 0 aliphatic carbocycles. The molecule has 0 spiro atoms. The Morgan fingerprint density at radius 1 is 1.11 bits per heavy atom. The van der Waals surface area contributed by atoms with Crippen molar-refractivity contribution < 1.29 is 14.6 Å². The average Bonchev–Trinajstić information content (AvgIpc) is 3.16. The molecule has 0 saturated heterocycles. The predicted molar refractivity (Wildman–Crippen MR) is 111 cm³/mol. The number of fused-ring (bicyclic) bond motifs is 1. The van der Waals surface area contributed by atoms with Crippen molar-refractivity contribution in [1.29, 1.82) is 0 Å². The third-order valence-electron chi connectivity index (χ3n) is 4.33. The standard InChI is InChI=1S/C22H18N2O3S/c1-14-6-9-16(10-7-14)23-22-24-17(13-28-22)12-27-21(26)19-11-8-15-4-2-3-5-18(15)20(19)25/h2-11,13,25H,12H2,1H3,(H,23,24). The number of benzene rings is 3. The SMILES string of the molecule is Cc1ccc(Nc2nc(COC(=O)c3ccc4ccccc4c3O)cs2)cc1. The fourth-order valence-electron chi connectivity index (χ4n) is 2.83. The summed E-state index contributed by atoms with van der Waals surface area (Å²) in [5.74, 6) is -0.646. The van der Waals surface area contributed by atoms with Crippen molar-refractivity contribution in [3.63, 3.8) is 0 Å². The quantitative estimate of drug-likeness (QED) is 0.446. The number of aromatic hydroxyl groups is 1. The largest absolute Gasteiger partial charge is 0.506 e. The fraction of sp³-hybridized carbons (Fsp3) is 0.0909. The maximum atomic E-state index is 12.4. The molecular formula is C22H18N2O3S. The molecule has 28 heavy (non-hydrogen) atoms. The van der Waals surface area contributed by atoms with Gasteiger partial charge >= 0.3 is 5.97 Å². The molecule has 1 heterocycles. The number of aromatic nitrogens is 1. The van der Waals surface area contributed by atoms with E-state index in [1.54, 1.807) is 18.2 Å². The number of anilines is 2. The topological polar surface area (TPSA) is 71.5 Å². The average molecular weight is 390 g/mol. The Bertz CT molecular complexity index is 1140. The van der Waals surface area contributed by atoms with Crippen molar-refractivity contribution in [3.05, 3.63) is 82.9 Å². The minimum absolute atomic E-state index is 0.0389. The number of thiazole rings is 1. The summed E-state index contributed by atoms with van der Waals surface area (Å²) in [6, 6.07) is 18.7. The van der Waals surface area contributed by atoms with Gasteiger partial charge in [0.05, 0.1) is 5.69 Å². The van der Waals surface area contributed by atoms with Crippen molar-refractivity contribution in [1.82, 2.24) is 4.98 Å². The van der Waals surface area contributed by atoms with E-state index >= 15 is 0 Å². The van der Waals surface area contributed by atoms with Gasteiger partial charge in [-0.05, 0) is 30.5 Å². The highest BCUT2D eigenvalue weighted by atomic mass is 32.1. The van der Waals surface area contributed by atoms with Crippen LogP contribution in [0.4, 0.5) is 10.8 Å². The highest BCUT2D eigenvalue weighted by molar-refractivity contribution is 7.13. The molecule has 6 heteroatoms. The van der Waals surface area contributed by atoms with Gasteiger partial charge in [-0.1, -0.05) is 48.0 Å². The first-order valence-corrected chi connectivity index (χ1v) is 9.64. The highest BCUT2D eigenvalue weighted by Gasteiger charge is 2.16. The zero-order valence-corrected chi connectivity index (χ0v) is 16.0. The highest BCUT2D eigenvalue weighted by Crippen LogP contribution is 2.29. The van der Waals surface area contributed by atoms with Crippen LogP contribution in [0.15, 0.2) is 66.0 Å². The first-order chi connectivity index (χ1) is 13.6. The minimum Gasteiger partial charge on any atom is -0.506 e. The number of aryl methyl sites for hydroxylation is 1. The summed E-state index contributed by atoms with van der Waals surface area (Å²) in [6.45, 7) is 2.07. The lowest BCUT2D eigenvalue weighted by atomic mass is 10.1. The normalized spacial score (nSPS) is 10.8. The molecule has 0 saturated carbocycles. The smallest absolute Gasteiger partial charge is 0.342 e. The van der Waals surface area contributed by atoms with E-state index < -0.39 is 5.97 Å². The monoisotopic (exact) mass is 390 g/mol. The molecule has 2 N–H and O–H groups in total. The summed E-state index contributed by atoms with van der Waals surface area (Å²) in [4.78, 5) is 16.8. The van der Waals surface area contributed by atoms with E-state index in [-0.39, 0.29) is 17.9 Å². The number of hydrogen-bond acceptors (Lipinski definition) is 6. The van der Waals surface area contributed by atoms with E-state index in [2.05, 4.69) is 10.3 Å². The minimum atomic E-state index is -0.579. The van der Waals surface area contributed by atoms with Gasteiger partial charge in [0.1, 0.15) is 17.9 Å². The number of ether oxygens (including phenoxy) is 1. The van der Waals surface area contributed by atoms with Crippen LogP contribution in [0.25, 0.3) is 10.8 Å². The number of hydrogen-bond donors (Lipinski definition) is 2. The van der Waals surface area contributed by atoms with Gasteiger partial charge in [-0.2, -0.15) is 0 Å². The van der Waals surface area contributed by atoms with Crippen LogP contribution in [-0.4, -0.2) is 16.1 Å². The molecule has 4 aromatic rings. The van der Waals surface area contributed by atoms with Crippen LogP contribution in [0.2, 0.25) is 0 Å². The lowest BCUT2D eigenvalue weighted by Crippen LogP contribution is -2.06. The van der Waals surface area contributed by atoms with Crippen LogP contribution in [-0.2, 0) is 11.3 Å². The van der Waals surface area contributed by atoms with Gasteiger partial charge in [-0.3, -0.25) is 0 Å².